The zero-order valence-corrected chi connectivity index (χ0v) is 22.2. The zero-order chi connectivity index (χ0) is 27.3. The van der Waals surface area contributed by atoms with Crippen LogP contribution in [0, 0.1) is 29.6 Å². The average molecular weight is 488 g/mol. The SMILES string of the molecule is CC(C)[C@@H](C)CC(=O)[C@@H](N)CN.CC(C)[C@H](NC(=O)[C@@H](N)[C@H](N)C(=O)C[C@H](C)C(C)C)C(=O)O. The van der Waals surface area contributed by atoms with Gasteiger partial charge in [-0.1, -0.05) is 55.4 Å². The van der Waals surface area contributed by atoms with Gasteiger partial charge in [0.2, 0.25) is 5.91 Å². The largest absolute Gasteiger partial charge is 0.480 e. The maximum absolute atomic E-state index is 12.1. The lowest BCUT2D eigenvalue weighted by molar-refractivity contribution is -0.143. The predicted molar refractivity (Wildman–Crippen MR) is 135 cm³/mol. The second-order valence-electron chi connectivity index (χ2n) is 10.2. The highest BCUT2D eigenvalue weighted by molar-refractivity contribution is 5.94. The molecule has 10 nitrogen and oxygen atoms in total. The second kappa shape index (κ2) is 16.7. The van der Waals surface area contributed by atoms with E-state index in [2.05, 4.69) is 26.1 Å². The molecule has 0 aliphatic carbocycles. The highest BCUT2D eigenvalue weighted by Crippen LogP contribution is 2.16. The number of carboxylic acid groups (broad SMARTS) is 1. The maximum atomic E-state index is 12.1. The smallest absolute Gasteiger partial charge is 0.326 e. The van der Waals surface area contributed by atoms with Gasteiger partial charge in [-0.2, -0.15) is 0 Å². The van der Waals surface area contributed by atoms with Crippen molar-refractivity contribution < 1.29 is 24.3 Å². The molecule has 0 aromatic carbocycles. The van der Waals surface area contributed by atoms with Crippen molar-refractivity contribution in [1.29, 1.82) is 0 Å². The third kappa shape index (κ3) is 13.1. The monoisotopic (exact) mass is 487 g/mol. The summed E-state index contributed by atoms with van der Waals surface area (Å²) in [4.78, 5) is 46.4. The molecule has 0 heterocycles. The fraction of sp³-hybridized carbons (Fsp3) is 0.833. The Labute approximate surface area is 204 Å². The molecule has 0 aliphatic heterocycles. The third-order valence-corrected chi connectivity index (χ3v) is 6.28. The molecule has 0 spiro atoms. The molecule has 0 radical (unpaired) electrons. The Morgan fingerprint density at radius 3 is 1.44 bits per heavy atom. The van der Waals surface area contributed by atoms with Crippen LogP contribution in [-0.2, 0) is 19.2 Å². The molecule has 0 saturated heterocycles. The van der Waals surface area contributed by atoms with E-state index in [1.165, 1.54) is 0 Å². The Morgan fingerprint density at radius 1 is 0.706 bits per heavy atom. The number of nitrogens with two attached hydrogens (primary N) is 4. The average Bonchev–Trinajstić information content (AvgIpc) is 2.74. The van der Waals surface area contributed by atoms with Gasteiger partial charge in [0.25, 0.3) is 0 Å². The van der Waals surface area contributed by atoms with Gasteiger partial charge in [-0.25, -0.2) is 4.79 Å². The van der Waals surface area contributed by atoms with Gasteiger partial charge in [0.1, 0.15) is 12.1 Å². The predicted octanol–water partition coefficient (Wildman–Crippen LogP) is 0.641. The van der Waals surface area contributed by atoms with E-state index in [-0.39, 0.29) is 36.4 Å². The van der Waals surface area contributed by atoms with Gasteiger partial charge in [0.05, 0.1) is 12.1 Å². The normalized spacial score (nSPS) is 16.7. The lowest BCUT2D eigenvalue weighted by Gasteiger charge is -2.24. The quantitative estimate of drug-likeness (QED) is 0.203. The summed E-state index contributed by atoms with van der Waals surface area (Å²) in [6, 6.07) is -3.92. The first-order valence-electron chi connectivity index (χ1n) is 12.0. The van der Waals surface area contributed by atoms with Gasteiger partial charge < -0.3 is 33.4 Å². The molecular formula is C24H49N5O5. The number of rotatable bonds is 14. The Hall–Kier alpha value is -1.88. The topological polar surface area (TPSA) is 205 Å². The van der Waals surface area contributed by atoms with Crippen molar-refractivity contribution in [2.24, 2.45) is 52.5 Å². The van der Waals surface area contributed by atoms with Crippen molar-refractivity contribution in [2.45, 2.75) is 92.4 Å². The Morgan fingerprint density at radius 2 is 1.12 bits per heavy atom. The van der Waals surface area contributed by atoms with Gasteiger partial charge in [-0.05, 0) is 29.6 Å². The number of carboxylic acids is 1. The summed E-state index contributed by atoms with van der Waals surface area (Å²) in [6.45, 7) is 15.8. The van der Waals surface area contributed by atoms with Crippen LogP contribution in [0.1, 0.15) is 68.2 Å². The number of ketones is 2. The molecule has 0 aliphatic rings. The summed E-state index contributed by atoms with van der Waals surface area (Å²) in [5.74, 6) is -1.01. The number of nitrogens with one attached hydrogen (secondary N) is 1. The summed E-state index contributed by atoms with van der Waals surface area (Å²) in [5, 5.41) is 11.4. The molecule has 1 amide bonds. The van der Waals surface area contributed by atoms with E-state index < -0.39 is 36.0 Å². The van der Waals surface area contributed by atoms with Gasteiger partial charge in [0, 0.05) is 19.4 Å². The summed E-state index contributed by atoms with van der Waals surface area (Å²) in [7, 11) is 0. The second-order valence-corrected chi connectivity index (χ2v) is 10.2. The summed E-state index contributed by atoms with van der Waals surface area (Å²) in [5.41, 5.74) is 22.2. The first-order chi connectivity index (χ1) is 15.5. The fourth-order valence-corrected chi connectivity index (χ4v) is 2.65. The minimum Gasteiger partial charge on any atom is -0.480 e. The number of hydrogen-bond donors (Lipinski definition) is 6. The summed E-state index contributed by atoms with van der Waals surface area (Å²) in [6.07, 6.45) is 0.794. The maximum Gasteiger partial charge on any atom is 0.326 e. The molecule has 0 unspecified atom stereocenters. The lowest BCUT2D eigenvalue weighted by Crippen LogP contribution is -2.58. The lowest BCUT2D eigenvalue weighted by atomic mass is 9.89. The van der Waals surface area contributed by atoms with Gasteiger partial charge in [-0.3, -0.25) is 14.4 Å². The van der Waals surface area contributed by atoms with Crippen molar-refractivity contribution in [1.82, 2.24) is 5.32 Å². The number of Topliss-reactive ketones (excluding diaryl/α,β-unsaturated/α-hetero) is 2. The summed E-state index contributed by atoms with van der Waals surface area (Å²) < 4.78 is 0. The number of carbonyl (C=O) groups excluding carboxylic acids is 3. The van der Waals surface area contributed by atoms with Crippen LogP contribution < -0.4 is 28.3 Å². The number of carbonyl (C=O) groups is 4. The Balaban J connectivity index is 0. The van der Waals surface area contributed by atoms with E-state index in [0.717, 1.165) is 0 Å². The molecule has 34 heavy (non-hydrogen) atoms. The van der Waals surface area contributed by atoms with E-state index in [9.17, 15) is 19.2 Å². The van der Waals surface area contributed by atoms with E-state index in [4.69, 9.17) is 28.0 Å². The number of amides is 1. The third-order valence-electron chi connectivity index (χ3n) is 6.28. The van der Waals surface area contributed by atoms with Gasteiger partial charge in [0.15, 0.2) is 11.6 Å². The fourth-order valence-electron chi connectivity index (χ4n) is 2.65. The van der Waals surface area contributed by atoms with E-state index in [0.29, 0.717) is 24.2 Å². The van der Waals surface area contributed by atoms with Crippen LogP contribution in [0.25, 0.3) is 0 Å². The molecule has 200 valence electrons. The Bertz CT molecular complexity index is 654. The molecular weight excluding hydrogens is 438 g/mol. The zero-order valence-electron chi connectivity index (χ0n) is 22.2. The molecule has 10 heteroatoms. The number of aliphatic carboxylic acids is 1. The molecule has 10 N–H and O–H groups in total. The highest BCUT2D eigenvalue weighted by Gasteiger charge is 2.32. The molecule has 0 saturated carbocycles. The van der Waals surface area contributed by atoms with Crippen molar-refractivity contribution in [3.05, 3.63) is 0 Å². The first kappa shape index (κ1) is 34.3. The van der Waals surface area contributed by atoms with Crippen LogP contribution in [-0.4, -0.2) is 59.3 Å². The highest BCUT2D eigenvalue weighted by atomic mass is 16.4. The van der Waals surface area contributed by atoms with Crippen LogP contribution in [0.4, 0.5) is 0 Å². The van der Waals surface area contributed by atoms with Crippen LogP contribution in [0.3, 0.4) is 0 Å². The Kier molecular flexibility index (Phi) is 16.8. The molecule has 0 rings (SSSR count). The van der Waals surface area contributed by atoms with Crippen molar-refractivity contribution in [3.8, 4) is 0 Å². The first-order valence-corrected chi connectivity index (χ1v) is 12.0. The van der Waals surface area contributed by atoms with Gasteiger partial charge in [-0.15, -0.1) is 0 Å². The minimum atomic E-state index is -1.26. The van der Waals surface area contributed by atoms with Crippen LogP contribution in [0.2, 0.25) is 0 Å². The van der Waals surface area contributed by atoms with E-state index in [1.807, 2.05) is 20.8 Å². The van der Waals surface area contributed by atoms with Crippen LogP contribution in [0.15, 0.2) is 0 Å². The van der Waals surface area contributed by atoms with Crippen molar-refractivity contribution >= 4 is 23.4 Å². The van der Waals surface area contributed by atoms with E-state index >= 15 is 0 Å². The standard InChI is InChI=1S/C15H29N3O4.C9H20N2O/c1-7(2)9(5)6-10(19)11(16)12(17)14(20)18-13(8(3)4)15(21)22;1-6(2)7(3)4-9(12)8(11)5-10/h7-9,11-13H,6,16-17H2,1-5H3,(H,18,20)(H,21,22);6-8H,4-5,10-11H2,1-3H3/t9-,11+,12-,13-;7-,8-/m00/s1. The molecule has 0 fully saturated rings. The van der Waals surface area contributed by atoms with Crippen molar-refractivity contribution in [2.75, 3.05) is 6.54 Å². The number of hydrogen-bond acceptors (Lipinski definition) is 8. The minimum absolute atomic E-state index is 0.0821. The van der Waals surface area contributed by atoms with Gasteiger partial charge >= 0.3 is 5.97 Å². The van der Waals surface area contributed by atoms with E-state index in [1.54, 1.807) is 13.8 Å². The molecule has 0 bridgehead atoms. The molecule has 0 aromatic rings. The van der Waals surface area contributed by atoms with Crippen molar-refractivity contribution in [3.63, 3.8) is 0 Å². The molecule has 6 atom stereocenters. The molecule has 0 aromatic heterocycles. The summed E-state index contributed by atoms with van der Waals surface area (Å²) >= 11 is 0. The van der Waals surface area contributed by atoms with Crippen LogP contribution in [0.5, 0.6) is 0 Å². The van der Waals surface area contributed by atoms with Crippen LogP contribution >= 0.6 is 0 Å².